The maximum Gasteiger partial charge on any atom is 0.240 e. The Morgan fingerprint density at radius 2 is 1.90 bits per heavy atom. The number of hydrogen-bond acceptors (Lipinski definition) is 3. The lowest BCUT2D eigenvalue weighted by Gasteiger charge is -2.21. The summed E-state index contributed by atoms with van der Waals surface area (Å²) in [6.07, 6.45) is 3.77. The molecule has 112 valence electrons. The van der Waals surface area contributed by atoms with Crippen molar-refractivity contribution in [2.75, 3.05) is 26.2 Å². The predicted octanol–water partition coefficient (Wildman–Crippen LogP) is 2.09. The fraction of sp³-hybridized carbons (Fsp3) is 0.600. The average Bonchev–Trinajstić information content (AvgIpc) is 3.24. The molecule has 0 aromatic heterocycles. The van der Waals surface area contributed by atoms with Gasteiger partial charge >= 0.3 is 0 Å². The Hall–Kier alpha value is -0.910. The summed E-state index contributed by atoms with van der Waals surface area (Å²) in [6, 6.07) is 8.54. The van der Waals surface area contributed by atoms with Crippen LogP contribution in [0.5, 0.6) is 0 Å². The van der Waals surface area contributed by atoms with Gasteiger partial charge in [-0.05, 0) is 43.9 Å². The van der Waals surface area contributed by atoms with E-state index in [0.717, 1.165) is 32.0 Å². The molecule has 0 saturated heterocycles. The van der Waals surface area contributed by atoms with E-state index in [1.54, 1.807) is 24.3 Å². The second kappa shape index (κ2) is 7.20. The van der Waals surface area contributed by atoms with Crippen LogP contribution in [0.1, 0.15) is 26.2 Å². The summed E-state index contributed by atoms with van der Waals surface area (Å²) in [5.74, 6) is 0.840. The number of nitrogens with one attached hydrogen (secondary N) is 1. The number of nitrogens with zero attached hydrogens (tertiary/aromatic N) is 1. The molecular formula is C15H24N2O2S. The van der Waals surface area contributed by atoms with Crippen LogP contribution in [0.3, 0.4) is 0 Å². The molecular weight excluding hydrogens is 272 g/mol. The van der Waals surface area contributed by atoms with Crippen molar-refractivity contribution in [3.05, 3.63) is 30.3 Å². The molecule has 0 radical (unpaired) electrons. The first-order valence-corrected chi connectivity index (χ1v) is 8.87. The van der Waals surface area contributed by atoms with Gasteiger partial charge in [-0.2, -0.15) is 0 Å². The average molecular weight is 296 g/mol. The normalized spacial score (nSPS) is 15.7. The van der Waals surface area contributed by atoms with E-state index in [1.165, 1.54) is 12.8 Å². The topological polar surface area (TPSA) is 49.4 Å². The predicted molar refractivity (Wildman–Crippen MR) is 81.1 cm³/mol. The molecule has 20 heavy (non-hydrogen) atoms. The summed E-state index contributed by atoms with van der Waals surface area (Å²) in [4.78, 5) is 2.70. The van der Waals surface area contributed by atoms with Gasteiger partial charge in [-0.15, -0.1) is 0 Å². The van der Waals surface area contributed by atoms with Crippen molar-refractivity contribution in [1.82, 2.24) is 9.62 Å². The first-order valence-electron chi connectivity index (χ1n) is 7.39. The minimum atomic E-state index is -3.36. The molecule has 0 aliphatic heterocycles. The van der Waals surface area contributed by atoms with Crippen LogP contribution in [0.2, 0.25) is 0 Å². The second-order valence-electron chi connectivity index (χ2n) is 5.45. The Morgan fingerprint density at radius 1 is 1.20 bits per heavy atom. The van der Waals surface area contributed by atoms with Gasteiger partial charge in [-0.1, -0.05) is 25.1 Å². The molecule has 1 aliphatic rings. The Labute approximate surface area is 122 Å². The van der Waals surface area contributed by atoms with Gasteiger partial charge in [0.05, 0.1) is 4.90 Å². The van der Waals surface area contributed by atoms with E-state index in [1.807, 2.05) is 6.07 Å². The van der Waals surface area contributed by atoms with Gasteiger partial charge in [0.2, 0.25) is 10.0 Å². The molecule has 1 saturated carbocycles. The molecule has 1 aliphatic carbocycles. The lowest BCUT2D eigenvalue weighted by atomic mass is 10.3. The first-order chi connectivity index (χ1) is 9.62. The molecule has 4 nitrogen and oxygen atoms in total. The van der Waals surface area contributed by atoms with Crippen LogP contribution in [0.4, 0.5) is 0 Å². The standard InChI is InChI=1S/C15H24N2O2S/c1-2-11-17(13-14-8-9-14)12-10-16-20(18,19)15-6-4-3-5-7-15/h3-7,14,16H,2,8-13H2,1H3. The zero-order valence-corrected chi connectivity index (χ0v) is 12.9. The van der Waals surface area contributed by atoms with Gasteiger partial charge in [0.25, 0.3) is 0 Å². The number of rotatable bonds is 9. The number of benzene rings is 1. The fourth-order valence-corrected chi connectivity index (χ4v) is 3.34. The maximum atomic E-state index is 12.1. The minimum Gasteiger partial charge on any atom is -0.302 e. The van der Waals surface area contributed by atoms with Crippen molar-refractivity contribution >= 4 is 10.0 Å². The van der Waals surface area contributed by atoms with Crippen molar-refractivity contribution in [2.45, 2.75) is 31.1 Å². The van der Waals surface area contributed by atoms with E-state index in [0.29, 0.717) is 11.4 Å². The highest BCUT2D eigenvalue weighted by molar-refractivity contribution is 7.89. The second-order valence-corrected chi connectivity index (χ2v) is 7.22. The Kier molecular flexibility index (Phi) is 5.57. The van der Waals surface area contributed by atoms with Crippen LogP contribution in [0.25, 0.3) is 0 Å². The molecule has 5 heteroatoms. The van der Waals surface area contributed by atoms with Crippen LogP contribution >= 0.6 is 0 Å². The monoisotopic (exact) mass is 296 g/mol. The van der Waals surface area contributed by atoms with E-state index < -0.39 is 10.0 Å². The summed E-state index contributed by atoms with van der Waals surface area (Å²) in [7, 11) is -3.36. The maximum absolute atomic E-state index is 12.1. The zero-order chi connectivity index (χ0) is 14.4. The summed E-state index contributed by atoms with van der Waals surface area (Å²) in [5, 5.41) is 0. The van der Waals surface area contributed by atoms with Gasteiger partial charge in [-0.25, -0.2) is 13.1 Å². The van der Waals surface area contributed by atoms with E-state index in [-0.39, 0.29) is 0 Å². The highest BCUT2D eigenvalue weighted by atomic mass is 32.2. The molecule has 0 amide bonds. The highest BCUT2D eigenvalue weighted by Gasteiger charge is 2.24. The van der Waals surface area contributed by atoms with Crippen LogP contribution in [-0.2, 0) is 10.0 Å². The first kappa shape index (κ1) is 15.5. The largest absolute Gasteiger partial charge is 0.302 e. The lowest BCUT2D eigenvalue weighted by molar-refractivity contribution is 0.268. The molecule has 1 fully saturated rings. The summed E-state index contributed by atoms with van der Waals surface area (Å²) >= 11 is 0. The molecule has 0 heterocycles. The molecule has 1 N–H and O–H groups in total. The minimum absolute atomic E-state index is 0.337. The SMILES string of the molecule is CCCN(CCNS(=O)(=O)c1ccccc1)CC1CC1. The van der Waals surface area contributed by atoms with Gasteiger partial charge < -0.3 is 4.90 Å². The lowest BCUT2D eigenvalue weighted by Crippen LogP contribution is -2.36. The van der Waals surface area contributed by atoms with Gasteiger partial charge in [-0.3, -0.25) is 0 Å². The fourth-order valence-electron chi connectivity index (χ4n) is 2.30. The van der Waals surface area contributed by atoms with E-state index in [9.17, 15) is 8.42 Å². The summed E-state index contributed by atoms with van der Waals surface area (Å²) < 4.78 is 26.8. The smallest absolute Gasteiger partial charge is 0.240 e. The van der Waals surface area contributed by atoms with E-state index in [4.69, 9.17) is 0 Å². The van der Waals surface area contributed by atoms with Crippen LogP contribution in [0, 0.1) is 5.92 Å². The third-order valence-corrected chi connectivity index (χ3v) is 5.00. The van der Waals surface area contributed by atoms with Crippen molar-refractivity contribution in [3.63, 3.8) is 0 Å². The van der Waals surface area contributed by atoms with Crippen molar-refractivity contribution in [1.29, 1.82) is 0 Å². The van der Waals surface area contributed by atoms with Gasteiger partial charge in [0.1, 0.15) is 0 Å². The molecule has 1 aromatic carbocycles. The molecule has 0 spiro atoms. The number of hydrogen-bond donors (Lipinski definition) is 1. The molecule has 1 aromatic rings. The quantitative estimate of drug-likeness (QED) is 0.759. The highest BCUT2D eigenvalue weighted by Crippen LogP contribution is 2.29. The zero-order valence-electron chi connectivity index (χ0n) is 12.1. The summed E-state index contributed by atoms with van der Waals surface area (Å²) in [5.41, 5.74) is 0. The molecule has 0 atom stereocenters. The summed E-state index contributed by atoms with van der Waals surface area (Å²) in [6.45, 7) is 5.58. The van der Waals surface area contributed by atoms with Crippen LogP contribution in [0.15, 0.2) is 35.2 Å². The van der Waals surface area contributed by atoms with Crippen molar-refractivity contribution in [3.8, 4) is 0 Å². The number of sulfonamides is 1. The van der Waals surface area contributed by atoms with Crippen molar-refractivity contribution in [2.24, 2.45) is 5.92 Å². The van der Waals surface area contributed by atoms with Gasteiger partial charge in [0, 0.05) is 19.6 Å². The third kappa shape index (κ3) is 4.89. The van der Waals surface area contributed by atoms with Crippen molar-refractivity contribution < 1.29 is 8.42 Å². The molecule has 2 rings (SSSR count). The molecule has 0 unspecified atom stereocenters. The Balaban J connectivity index is 1.81. The Bertz CT molecular complexity index is 498. The van der Waals surface area contributed by atoms with E-state index in [2.05, 4.69) is 16.5 Å². The molecule has 0 bridgehead atoms. The van der Waals surface area contributed by atoms with Gasteiger partial charge in [0.15, 0.2) is 0 Å². The van der Waals surface area contributed by atoms with E-state index >= 15 is 0 Å². The van der Waals surface area contributed by atoms with Crippen LogP contribution in [-0.4, -0.2) is 39.5 Å². The Morgan fingerprint density at radius 3 is 2.50 bits per heavy atom. The third-order valence-electron chi connectivity index (χ3n) is 3.53. The van der Waals surface area contributed by atoms with Crippen LogP contribution < -0.4 is 4.72 Å².